The highest BCUT2D eigenvalue weighted by molar-refractivity contribution is 7.90. The van der Waals surface area contributed by atoms with Crippen molar-refractivity contribution in [2.45, 2.75) is 62.8 Å². The fraction of sp³-hybridized carbons (Fsp3) is 0.529. The molecular formula is C17H24N2O4S. The molecular weight excluding hydrogens is 328 g/mol. The van der Waals surface area contributed by atoms with Gasteiger partial charge in [0.2, 0.25) is 0 Å². The van der Waals surface area contributed by atoms with Gasteiger partial charge in [0.15, 0.2) is 0 Å². The predicted octanol–water partition coefficient (Wildman–Crippen LogP) is 2.53. The molecule has 0 aliphatic heterocycles. The molecule has 2 rings (SSSR count). The molecule has 1 aliphatic carbocycles. The third-order valence-corrected chi connectivity index (χ3v) is 5.54. The first kappa shape index (κ1) is 18.4. The largest absolute Gasteiger partial charge is 0.335 e. The van der Waals surface area contributed by atoms with E-state index in [-0.39, 0.29) is 23.1 Å². The zero-order chi connectivity index (χ0) is 17.6. The molecule has 0 aromatic heterocycles. The Morgan fingerprint density at radius 2 is 1.71 bits per heavy atom. The molecule has 2 N–H and O–H groups in total. The molecule has 1 aliphatic rings. The van der Waals surface area contributed by atoms with Gasteiger partial charge in [-0.25, -0.2) is 17.9 Å². The normalized spacial score (nSPS) is 15.7. The van der Waals surface area contributed by atoms with E-state index in [0.29, 0.717) is 6.42 Å². The zero-order valence-corrected chi connectivity index (χ0v) is 14.7. The third-order valence-electron chi connectivity index (χ3n) is 4.20. The molecule has 0 saturated heterocycles. The molecule has 2 amide bonds. The number of ketones is 1. The van der Waals surface area contributed by atoms with E-state index >= 15 is 0 Å². The smallest absolute Gasteiger partial charge is 0.328 e. The molecule has 1 fully saturated rings. The molecule has 0 heterocycles. The predicted molar refractivity (Wildman–Crippen MR) is 91.2 cm³/mol. The highest BCUT2D eigenvalue weighted by Crippen LogP contribution is 2.17. The Balaban J connectivity index is 1.96. The number of Topliss-reactive ketones (excluding diaryl/α,β-unsaturated/α-hetero) is 1. The molecule has 1 saturated carbocycles. The van der Waals surface area contributed by atoms with Crippen LogP contribution in [0.15, 0.2) is 29.2 Å². The summed E-state index contributed by atoms with van der Waals surface area (Å²) in [5.41, 5.74) is 0.757. The van der Waals surface area contributed by atoms with E-state index in [4.69, 9.17) is 0 Å². The average molecular weight is 352 g/mol. The number of sulfonamides is 1. The van der Waals surface area contributed by atoms with Crippen molar-refractivity contribution in [3.05, 3.63) is 29.8 Å². The van der Waals surface area contributed by atoms with Crippen molar-refractivity contribution >= 4 is 21.8 Å². The summed E-state index contributed by atoms with van der Waals surface area (Å²) < 4.78 is 26.5. The van der Waals surface area contributed by atoms with Crippen LogP contribution in [0.5, 0.6) is 0 Å². The number of urea groups is 1. The lowest BCUT2D eigenvalue weighted by Crippen LogP contribution is -2.45. The second-order valence-electron chi connectivity index (χ2n) is 6.13. The summed E-state index contributed by atoms with van der Waals surface area (Å²) in [6, 6.07) is 5.37. The van der Waals surface area contributed by atoms with Crippen LogP contribution in [0.2, 0.25) is 0 Å². The number of rotatable bonds is 6. The summed E-state index contributed by atoms with van der Waals surface area (Å²) in [5.74, 6) is 0.0931. The van der Waals surface area contributed by atoms with Crippen molar-refractivity contribution in [1.29, 1.82) is 0 Å². The first-order chi connectivity index (χ1) is 11.4. The fourth-order valence-electron chi connectivity index (χ4n) is 2.78. The van der Waals surface area contributed by atoms with Crippen molar-refractivity contribution < 1.29 is 18.0 Å². The van der Waals surface area contributed by atoms with Gasteiger partial charge in [0.25, 0.3) is 10.0 Å². The summed E-state index contributed by atoms with van der Waals surface area (Å²) >= 11 is 0. The molecule has 0 bridgehead atoms. The third kappa shape index (κ3) is 5.33. The van der Waals surface area contributed by atoms with E-state index in [1.54, 1.807) is 19.1 Å². The Kier molecular flexibility index (Phi) is 6.36. The molecule has 0 spiro atoms. The standard InChI is InChI=1S/C17H24N2O4S/c1-2-15(20)12-13-8-10-16(11-9-13)24(22,23)19-17(21)18-14-6-4-3-5-7-14/h8-11,14H,2-7,12H2,1H3,(H2,18,19,21). The van der Waals surface area contributed by atoms with Crippen molar-refractivity contribution in [2.75, 3.05) is 0 Å². The summed E-state index contributed by atoms with van der Waals surface area (Å²) in [4.78, 5) is 23.3. The van der Waals surface area contributed by atoms with Gasteiger partial charge in [-0.3, -0.25) is 4.79 Å². The second-order valence-corrected chi connectivity index (χ2v) is 7.81. The Hall–Kier alpha value is -1.89. The highest BCUT2D eigenvalue weighted by atomic mass is 32.2. The van der Waals surface area contributed by atoms with Crippen molar-refractivity contribution in [3.8, 4) is 0 Å². The maximum atomic E-state index is 12.2. The first-order valence-electron chi connectivity index (χ1n) is 8.34. The van der Waals surface area contributed by atoms with Crippen molar-refractivity contribution in [2.24, 2.45) is 0 Å². The number of hydrogen-bond donors (Lipinski definition) is 2. The molecule has 6 nitrogen and oxygen atoms in total. The second kappa shape index (κ2) is 8.28. The average Bonchev–Trinajstić information content (AvgIpc) is 2.55. The van der Waals surface area contributed by atoms with Crippen LogP contribution in [0.25, 0.3) is 0 Å². The maximum absolute atomic E-state index is 12.2. The molecule has 0 atom stereocenters. The zero-order valence-electron chi connectivity index (χ0n) is 13.9. The lowest BCUT2D eigenvalue weighted by Gasteiger charge is -2.22. The SMILES string of the molecule is CCC(=O)Cc1ccc(S(=O)(=O)NC(=O)NC2CCCCC2)cc1. The first-order valence-corrected chi connectivity index (χ1v) is 9.83. The van der Waals surface area contributed by atoms with E-state index in [2.05, 4.69) is 5.32 Å². The van der Waals surface area contributed by atoms with Crippen LogP contribution in [0.3, 0.4) is 0 Å². The maximum Gasteiger partial charge on any atom is 0.328 e. The van der Waals surface area contributed by atoms with Crippen LogP contribution in [0, 0.1) is 0 Å². The summed E-state index contributed by atoms with van der Waals surface area (Å²) in [6.07, 6.45) is 5.76. The van der Waals surface area contributed by atoms with Crippen molar-refractivity contribution in [3.63, 3.8) is 0 Å². The number of amides is 2. The lowest BCUT2D eigenvalue weighted by atomic mass is 9.96. The van der Waals surface area contributed by atoms with Gasteiger partial charge < -0.3 is 5.32 Å². The quantitative estimate of drug-likeness (QED) is 0.823. The number of benzene rings is 1. The Morgan fingerprint density at radius 3 is 2.29 bits per heavy atom. The van der Waals surface area contributed by atoms with Gasteiger partial charge in [0.1, 0.15) is 5.78 Å². The van der Waals surface area contributed by atoms with Gasteiger partial charge in [0, 0.05) is 18.9 Å². The van der Waals surface area contributed by atoms with Gasteiger partial charge in [0.05, 0.1) is 4.90 Å². The molecule has 7 heteroatoms. The number of hydrogen-bond acceptors (Lipinski definition) is 4. The van der Waals surface area contributed by atoms with E-state index in [0.717, 1.165) is 37.7 Å². The molecule has 0 radical (unpaired) electrons. The molecule has 24 heavy (non-hydrogen) atoms. The van der Waals surface area contributed by atoms with Gasteiger partial charge in [-0.1, -0.05) is 38.3 Å². The number of carbonyl (C=O) groups is 2. The molecule has 1 aromatic carbocycles. The van der Waals surface area contributed by atoms with Crippen molar-refractivity contribution in [1.82, 2.24) is 10.0 Å². The minimum absolute atomic E-state index is 0.00833. The van der Waals surface area contributed by atoms with E-state index in [1.807, 2.05) is 4.72 Å². The van der Waals surface area contributed by atoms with Crippen LogP contribution in [0.4, 0.5) is 4.79 Å². The van der Waals surface area contributed by atoms with E-state index in [1.165, 1.54) is 12.1 Å². The number of carbonyl (C=O) groups excluding carboxylic acids is 2. The fourth-order valence-corrected chi connectivity index (χ4v) is 3.70. The van der Waals surface area contributed by atoms with Crippen LogP contribution in [-0.2, 0) is 21.2 Å². The number of nitrogens with one attached hydrogen (secondary N) is 2. The van der Waals surface area contributed by atoms with Crippen LogP contribution in [0.1, 0.15) is 51.0 Å². The minimum Gasteiger partial charge on any atom is -0.335 e. The Labute approximate surface area is 143 Å². The van der Waals surface area contributed by atoms with Crippen LogP contribution < -0.4 is 10.0 Å². The molecule has 132 valence electrons. The van der Waals surface area contributed by atoms with E-state index < -0.39 is 16.1 Å². The molecule has 1 aromatic rings. The topological polar surface area (TPSA) is 92.3 Å². The Morgan fingerprint density at radius 1 is 1.08 bits per heavy atom. The lowest BCUT2D eigenvalue weighted by molar-refractivity contribution is -0.118. The molecule has 0 unspecified atom stereocenters. The summed E-state index contributed by atoms with van der Waals surface area (Å²) in [7, 11) is -3.91. The monoisotopic (exact) mass is 352 g/mol. The van der Waals surface area contributed by atoms with Gasteiger partial charge in [-0.05, 0) is 30.5 Å². The van der Waals surface area contributed by atoms with Gasteiger partial charge in [-0.2, -0.15) is 0 Å². The summed E-state index contributed by atoms with van der Waals surface area (Å²) in [5, 5.41) is 2.72. The van der Waals surface area contributed by atoms with Gasteiger partial charge in [-0.15, -0.1) is 0 Å². The Bertz CT molecular complexity index is 677. The van der Waals surface area contributed by atoms with E-state index in [9.17, 15) is 18.0 Å². The van der Waals surface area contributed by atoms with Crippen LogP contribution in [-0.4, -0.2) is 26.3 Å². The minimum atomic E-state index is -3.91. The van der Waals surface area contributed by atoms with Gasteiger partial charge >= 0.3 is 6.03 Å². The van der Waals surface area contributed by atoms with Crippen LogP contribution >= 0.6 is 0 Å². The summed E-state index contributed by atoms with van der Waals surface area (Å²) in [6.45, 7) is 1.79. The highest BCUT2D eigenvalue weighted by Gasteiger charge is 2.21.